The SMILES string of the molecule is Cc1cc(C)c(-c2cc3c(c4c2oc2ccccc24)-c2ccc(N(c4ccc(C(C)(C)C)cc4)c4ccc5c(c4)C(C)(C)c4c6c(c7oc8ccccc8c7c4-5)-c4ccccc4C6(C)C)cc2C3(C)C)c(C)c1. The Labute approximate surface area is 429 Å². The highest BCUT2D eigenvalue weighted by Crippen LogP contribution is 2.64. The zero-order valence-electron chi connectivity index (χ0n) is 44.2. The van der Waals surface area contributed by atoms with Crippen LogP contribution in [0, 0.1) is 20.8 Å². The number of nitrogens with zero attached hydrogens (tertiary/aromatic N) is 1. The Morgan fingerprint density at radius 1 is 0.397 bits per heavy atom. The average Bonchev–Trinajstić information content (AvgIpc) is 4.14. The minimum absolute atomic E-state index is 0.0174. The molecule has 14 rings (SSSR count). The number of hydrogen-bond donors (Lipinski definition) is 0. The summed E-state index contributed by atoms with van der Waals surface area (Å²) < 4.78 is 14.0. The molecule has 0 bridgehead atoms. The first-order valence-electron chi connectivity index (χ1n) is 26.2. The molecule has 3 aliphatic carbocycles. The zero-order chi connectivity index (χ0) is 50.4. The van der Waals surface area contributed by atoms with Crippen LogP contribution in [-0.2, 0) is 21.7 Å². The number of rotatable bonds is 4. The van der Waals surface area contributed by atoms with Crippen molar-refractivity contribution in [1.29, 1.82) is 0 Å². The first-order valence-corrected chi connectivity index (χ1v) is 26.2. The first kappa shape index (κ1) is 44.1. The molecule has 0 saturated carbocycles. The molecule has 3 aliphatic rings. The van der Waals surface area contributed by atoms with Crippen molar-refractivity contribution in [2.24, 2.45) is 0 Å². The second-order valence-corrected chi connectivity index (χ2v) is 24.2. The van der Waals surface area contributed by atoms with E-state index in [0.29, 0.717) is 0 Å². The third-order valence-electron chi connectivity index (χ3n) is 17.6. The molecule has 9 aromatic carbocycles. The van der Waals surface area contributed by atoms with Gasteiger partial charge in [-0.25, -0.2) is 0 Å². The van der Waals surface area contributed by atoms with E-state index in [2.05, 4.69) is 240 Å². The van der Waals surface area contributed by atoms with Gasteiger partial charge >= 0.3 is 0 Å². The molecule has 0 amide bonds. The van der Waals surface area contributed by atoms with Crippen LogP contribution >= 0.6 is 0 Å². The van der Waals surface area contributed by atoms with Gasteiger partial charge in [-0.05, 0) is 164 Å². The standard InChI is InChI=1S/C70H61NO2/c1-38-33-39(2)57(40(3)34-38)50-37-54-58(60-48-20-14-17-23-55(48)72-65(50)60)46-31-29-43(35-52(46)68(54,7)8)71(42-27-25-41(26-28-42)67(4,5)6)44-30-32-47-53(36-44)70(11,12)63-59(47)61-49-21-15-18-24-56(49)73-66(61)62-45-19-13-16-22-51(45)69(9,10)64(62)63/h13-37H,1-12H3. The second kappa shape index (κ2) is 14.5. The monoisotopic (exact) mass is 947 g/mol. The predicted molar refractivity (Wildman–Crippen MR) is 307 cm³/mol. The van der Waals surface area contributed by atoms with E-state index in [0.717, 1.165) is 44.8 Å². The molecule has 358 valence electrons. The minimum atomic E-state index is -0.329. The molecule has 0 radical (unpaired) electrons. The Hall–Kier alpha value is -7.62. The maximum Gasteiger partial charge on any atom is 0.144 e. The maximum atomic E-state index is 7.01. The van der Waals surface area contributed by atoms with Gasteiger partial charge in [-0.15, -0.1) is 0 Å². The molecule has 2 aromatic heterocycles. The molecule has 3 heteroatoms. The third-order valence-corrected chi connectivity index (χ3v) is 17.6. The number of para-hydroxylation sites is 2. The van der Waals surface area contributed by atoms with Crippen molar-refractivity contribution in [1.82, 2.24) is 0 Å². The first-order chi connectivity index (χ1) is 34.9. The van der Waals surface area contributed by atoms with E-state index in [1.807, 2.05) is 0 Å². The van der Waals surface area contributed by atoms with Crippen LogP contribution < -0.4 is 4.90 Å². The van der Waals surface area contributed by atoms with Gasteiger partial charge in [0.25, 0.3) is 0 Å². The molecule has 0 saturated heterocycles. The number of aryl methyl sites for hydroxylation is 3. The van der Waals surface area contributed by atoms with Gasteiger partial charge in [0.2, 0.25) is 0 Å². The van der Waals surface area contributed by atoms with Crippen molar-refractivity contribution in [2.75, 3.05) is 4.90 Å². The molecule has 0 aliphatic heterocycles. The summed E-state index contributed by atoms with van der Waals surface area (Å²) in [6, 6.07) is 57.2. The molecule has 0 spiro atoms. The van der Waals surface area contributed by atoms with Crippen LogP contribution in [-0.4, -0.2) is 0 Å². The highest BCUT2D eigenvalue weighted by Gasteiger charge is 2.49. The Bertz CT molecular complexity index is 4210. The van der Waals surface area contributed by atoms with Gasteiger partial charge in [0, 0.05) is 66.0 Å². The molecule has 0 fully saturated rings. The Kier molecular flexibility index (Phi) is 8.78. The van der Waals surface area contributed by atoms with Crippen LogP contribution in [0.1, 0.15) is 118 Å². The highest BCUT2D eigenvalue weighted by atomic mass is 16.3. The van der Waals surface area contributed by atoms with Gasteiger partial charge < -0.3 is 13.7 Å². The van der Waals surface area contributed by atoms with Crippen LogP contribution in [0.5, 0.6) is 0 Å². The van der Waals surface area contributed by atoms with Crippen LogP contribution in [0.4, 0.5) is 17.1 Å². The van der Waals surface area contributed by atoms with E-state index < -0.39 is 0 Å². The van der Waals surface area contributed by atoms with Crippen LogP contribution in [0.15, 0.2) is 160 Å². The molecule has 0 atom stereocenters. The molecule has 0 unspecified atom stereocenters. The molecule has 3 nitrogen and oxygen atoms in total. The van der Waals surface area contributed by atoms with Gasteiger partial charge in [-0.3, -0.25) is 0 Å². The smallest absolute Gasteiger partial charge is 0.144 e. The van der Waals surface area contributed by atoms with E-state index in [9.17, 15) is 0 Å². The van der Waals surface area contributed by atoms with Crippen molar-refractivity contribution in [3.8, 4) is 44.5 Å². The summed E-state index contributed by atoms with van der Waals surface area (Å²) in [5.74, 6) is 0. The Morgan fingerprint density at radius 3 is 1.52 bits per heavy atom. The molecular formula is C70H61NO2. The molecule has 11 aromatic rings. The van der Waals surface area contributed by atoms with Crippen molar-refractivity contribution < 1.29 is 8.83 Å². The van der Waals surface area contributed by atoms with Crippen molar-refractivity contribution in [2.45, 2.75) is 105 Å². The van der Waals surface area contributed by atoms with Gasteiger partial charge in [-0.1, -0.05) is 165 Å². The fraction of sp³-hybridized carbons (Fsp3) is 0.229. The quantitative estimate of drug-likeness (QED) is 0.176. The van der Waals surface area contributed by atoms with Gasteiger partial charge in [0.1, 0.15) is 22.3 Å². The predicted octanol–water partition coefficient (Wildman–Crippen LogP) is 19.8. The third kappa shape index (κ3) is 5.83. The topological polar surface area (TPSA) is 29.5 Å². The number of hydrogen-bond acceptors (Lipinski definition) is 3. The van der Waals surface area contributed by atoms with Crippen LogP contribution in [0.2, 0.25) is 0 Å². The minimum Gasteiger partial charge on any atom is -0.455 e. The summed E-state index contributed by atoms with van der Waals surface area (Å²) in [6.45, 7) is 28.2. The van der Waals surface area contributed by atoms with Gasteiger partial charge in [0.15, 0.2) is 0 Å². The lowest BCUT2D eigenvalue weighted by Gasteiger charge is -2.32. The van der Waals surface area contributed by atoms with Crippen molar-refractivity contribution in [3.63, 3.8) is 0 Å². The summed E-state index contributed by atoms with van der Waals surface area (Å²) in [4.78, 5) is 2.51. The number of furan rings is 2. The lowest BCUT2D eigenvalue weighted by atomic mass is 9.72. The normalized spacial score (nSPS) is 15.5. The summed E-state index contributed by atoms with van der Waals surface area (Å²) in [6.07, 6.45) is 0. The molecule has 0 N–H and O–H groups in total. The lowest BCUT2D eigenvalue weighted by molar-refractivity contribution is 0.590. The zero-order valence-corrected chi connectivity index (χ0v) is 44.2. The molecule has 2 heterocycles. The van der Waals surface area contributed by atoms with E-state index in [1.54, 1.807) is 0 Å². The van der Waals surface area contributed by atoms with E-state index in [-0.39, 0.29) is 21.7 Å². The lowest BCUT2D eigenvalue weighted by Crippen LogP contribution is -2.24. The van der Waals surface area contributed by atoms with Crippen LogP contribution in [0.25, 0.3) is 88.4 Å². The van der Waals surface area contributed by atoms with Gasteiger partial charge in [-0.2, -0.15) is 0 Å². The molecular weight excluding hydrogens is 887 g/mol. The number of benzene rings is 9. The molecule has 73 heavy (non-hydrogen) atoms. The van der Waals surface area contributed by atoms with E-state index in [1.165, 1.54) is 116 Å². The fourth-order valence-corrected chi connectivity index (χ4v) is 14.2. The van der Waals surface area contributed by atoms with Crippen LogP contribution in [0.3, 0.4) is 0 Å². The summed E-state index contributed by atoms with van der Waals surface area (Å²) in [5, 5.41) is 4.76. The second-order valence-electron chi connectivity index (χ2n) is 24.2. The summed E-state index contributed by atoms with van der Waals surface area (Å²) in [5.41, 5.74) is 29.8. The average molecular weight is 948 g/mol. The summed E-state index contributed by atoms with van der Waals surface area (Å²) in [7, 11) is 0. The van der Waals surface area contributed by atoms with Gasteiger partial charge in [0.05, 0.1) is 0 Å². The van der Waals surface area contributed by atoms with E-state index >= 15 is 0 Å². The maximum absolute atomic E-state index is 7.01. The van der Waals surface area contributed by atoms with E-state index in [4.69, 9.17) is 8.83 Å². The highest BCUT2D eigenvalue weighted by molar-refractivity contribution is 6.21. The Morgan fingerprint density at radius 2 is 0.890 bits per heavy atom. The Balaban J connectivity index is 0.993. The van der Waals surface area contributed by atoms with Crippen molar-refractivity contribution in [3.05, 3.63) is 207 Å². The summed E-state index contributed by atoms with van der Waals surface area (Å²) >= 11 is 0. The van der Waals surface area contributed by atoms with Crippen molar-refractivity contribution >= 4 is 60.9 Å². The largest absolute Gasteiger partial charge is 0.455 e. The number of fused-ring (bicyclic) bond motifs is 19. The number of anilines is 3. The fourth-order valence-electron chi connectivity index (χ4n) is 14.2.